The van der Waals surface area contributed by atoms with Gasteiger partial charge in [-0.3, -0.25) is 9.10 Å². The normalized spacial score (nSPS) is 18.9. The number of piperazine rings is 1. The molecule has 1 fully saturated rings. The maximum atomic E-state index is 13.7. The summed E-state index contributed by atoms with van der Waals surface area (Å²) >= 11 is 0. The summed E-state index contributed by atoms with van der Waals surface area (Å²) in [7, 11) is -0.347. The summed E-state index contributed by atoms with van der Waals surface area (Å²) in [5, 5.41) is 0. The van der Waals surface area contributed by atoms with Crippen molar-refractivity contribution >= 4 is 21.6 Å². The van der Waals surface area contributed by atoms with Crippen LogP contribution in [-0.4, -0.2) is 90.3 Å². The van der Waals surface area contributed by atoms with Crippen LogP contribution in [0.3, 0.4) is 0 Å². The molecule has 0 aliphatic carbocycles. The zero-order chi connectivity index (χ0) is 24.3. The Labute approximate surface area is 200 Å². The first kappa shape index (κ1) is 24.3. The second kappa shape index (κ2) is 10.2. The molecule has 2 aliphatic rings. The third-order valence-electron chi connectivity index (χ3n) is 6.10. The monoisotopic (exact) mass is 489 g/mol. The van der Waals surface area contributed by atoms with Crippen molar-refractivity contribution in [2.75, 3.05) is 64.4 Å². The van der Waals surface area contributed by atoms with Crippen LogP contribution in [0.4, 0.5) is 5.69 Å². The van der Waals surface area contributed by atoms with Gasteiger partial charge in [0.25, 0.3) is 15.9 Å². The molecular weight excluding hydrogens is 458 g/mol. The average molecular weight is 490 g/mol. The number of likely N-dealkylation sites (N-methyl/N-ethyl adjacent to an activating group) is 1. The number of carbonyl (C=O) groups is 1. The molecule has 0 N–H and O–H groups in total. The molecule has 1 atom stereocenters. The van der Waals surface area contributed by atoms with E-state index in [2.05, 4.69) is 4.90 Å². The first-order valence-electron chi connectivity index (χ1n) is 11.3. The van der Waals surface area contributed by atoms with Gasteiger partial charge in [0.2, 0.25) is 0 Å². The molecule has 34 heavy (non-hydrogen) atoms. The summed E-state index contributed by atoms with van der Waals surface area (Å²) < 4.78 is 45.4. The smallest absolute Gasteiger partial charge is 0.265 e. The summed E-state index contributed by atoms with van der Waals surface area (Å²) in [4.78, 5) is 17.3. The quantitative estimate of drug-likeness (QED) is 0.548. The number of para-hydroxylation sites is 2. The van der Waals surface area contributed by atoms with Crippen molar-refractivity contribution < 1.29 is 27.4 Å². The fraction of sp³-hybridized carbons (Fsp3) is 0.458. The van der Waals surface area contributed by atoms with E-state index in [0.29, 0.717) is 49.1 Å². The van der Waals surface area contributed by atoms with Gasteiger partial charge in [0, 0.05) is 33.3 Å². The summed E-state index contributed by atoms with van der Waals surface area (Å²) in [6.45, 7) is 5.25. The third kappa shape index (κ3) is 4.98. The predicted octanol–water partition coefficient (Wildman–Crippen LogP) is 1.75. The molecule has 2 aromatic rings. The molecule has 0 saturated carbocycles. The number of benzene rings is 2. The Hall–Kier alpha value is -2.82. The van der Waals surface area contributed by atoms with Gasteiger partial charge in [-0.25, -0.2) is 8.42 Å². The maximum Gasteiger partial charge on any atom is 0.265 e. The van der Waals surface area contributed by atoms with Gasteiger partial charge in [-0.15, -0.1) is 0 Å². The Morgan fingerprint density at radius 3 is 2.53 bits per heavy atom. The number of fused-ring (bicyclic) bond motifs is 1. The Kier molecular flexibility index (Phi) is 7.30. The van der Waals surface area contributed by atoms with Crippen LogP contribution in [0.2, 0.25) is 0 Å². The number of aryl methyl sites for hydroxylation is 1. The number of rotatable bonds is 7. The summed E-state index contributed by atoms with van der Waals surface area (Å²) in [5.41, 5.74) is 1.12. The molecule has 2 aromatic carbocycles. The van der Waals surface area contributed by atoms with Crippen LogP contribution in [0.5, 0.6) is 11.5 Å². The first-order valence-corrected chi connectivity index (χ1v) is 12.7. The van der Waals surface area contributed by atoms with E-state index in [1.807, 2.05) is 7.05 Å². The number of hydrogen-bond donors (Lipinski definition) is 0. The first-order chi connectivity index (χ1) is 16.3. The average Bonchev–Trinajstić information content (AvgIpc) is 2.84. The predicted molar refractivity (Wildman–Crippen MR) is 128 cm³/mol. The van der Waals surface area contributed by atoms with Crippen LogP contribution in [0, 0.1) is 6.92 Å². The molecule has 0 aromatic heterocycles. The molecule has 184 valence electrons. The molecule has 0 spiro atoms. The van der Waals surface area contributed by atoms with E-state index in [4.69, 9.17) is 14.2 Å². The highest BCUT2D eigenvalue weighted by Gasteiger charge is 2.39. The van der Waals surface area contributed by atoms with Crippen LogP contribution < -0.4 is 13.8 Å². The second-order valence-electron chi connectivity index (χ2n) is 8.51. The van der Waals surface area contributed by atoms with E-state index in [9.17, 15) is 13.2 Å². The Bertz CT molecular complexity index is 1130. The molecule has 4 rings (SSSR count). The molecule has 0 radical (unpaired) electrons. The standard InChI is InChI=1S/C24H31N3O6S/c1-18-16-19(8-9-21(18)32-15-14-31-3)34(29,30)27-17-23(33-22-7-5-4-6-20(22)27)24(28)26-12-10-25(2)11-13-26/h4-9,16,23H,10-15,17H2,1-3H3/t23-/m1/s1. The van der Waals surface area contributed by atoms with Crippen LogP contribution in [-0.2, 0) is 19.6 Å². The molecule has 1 saturated heterocycles. The highest BCUT2D eigenvalue weighted by atomic mass is 32.2. The number of nitrogens with zero attached hydrogens (tertiary/aromatic N) is 3. The summed E-state index contributed by atoms with van der Waals surface area (Å²) in [5.74, 6) is 0.781. The number of carbonyl (C=O) groups excluding carboxylic acids is 1. The van der Waals surface area contributed by atoms with Crippen molar-refractivity contribution in [1.29, 1.82) is 0 Å². The fourth-order valence-corrected chi connectivity index (χ4v) is 5.66. The second-order valence-corrected chi connectivity index (χ2v) is 10.4. The fourth-order valence-electron chi connectivity index (χ4n) is 4.10. The summed E-state index contributed by atoms with van der Waals surface area (Å²) in [6.07, 6.45) is -0.911. The molecule has 0 unspecified atom stereocenters. The zero-order valence-corrected chi connectivity index (χ0v) is 20.6. The van der Waals surface area contributed by atoms with Gasteiger partial charge in [-0.1, -0.05) is 12.1 Å². The number of ether oxygens (including phenoxy) is 3. The number of amides is 1. The molecule has 2 aliphatic heterocycles. The molecule has 0 bridgehead atoms. The minimum Gasteiger partial charge on any atom is -0.491 e. The minimum atomic E-state index is -3.95. The molecular formula is C24H31N3O6S. The molecule has 10 heteroatoms. The van der Waals surface area contributed by atoms with Crippen molar-refractivity contribution in [2.24, 2.45) is 0 Å². The van der Waals surface area contributed by atoms with Gasteiger partial charge in [0.1, 0.15) is 18.1 Å². The van der Waals surface area contributed by atoms with E-state index >= 15 is 0 Å². The van der Waals surface area contributed by atoms with Gasteiger partial charge >= 0.3 is 0 Å². The van der Waals surface area contributed by atoms with Crippen LogP contribution in [0.1, 0.15) is 5.56 Å². The zero-order valence-electron chi connectivity index (χ0n) is 19.8. The Morgan fingerprint density at radius 2 is 1.82 bits per heavy atom. The largest absolute Gasteiger partial charge is 0.491 e. The number of methoxy groups -OCH3 is 1. The number of hydrogen-bond acceptors (Lipinski definition) is 7. The summed E-state index contributed by atoms with van der Waals surface area (Å²) in [6, 6.07) is 11.7. The number of anilines is 1. The van der Waals surface area contributed by atoms with E-state index in [0.717, 1.165) is 13.1 Å². The van der Waals surface area contributed by atoms with Crippen molar-refractivity contribution in [3.63, 3.8) is 0 Å². The minimum absolute atomic E-state index is 0.0876. The van der Waals surface area contributed by atoms with E-state index in [1.165, 1.54) is 10.4 Å². The van der Waals surface area contributed by atoms with E-state index < -0.39 is 16.1 Å². The molecule has 1 amide bonds. The van der Waals surface area contributed by atoms with Crippen molar-refractivity contribution in [3.05, 3.63) is 48.0 Å². The van der Waals surface area contributed by atoms with Crippen molar-refractivity contribution in [3.8, 4) is 11.5 Å². The van der Waals surface area contributed by atoms with Gasteiger partial charge in [0.05, 0.1) is 23.7 Å². The topological polar surface area (TPSA) is 88.6 Å². The lowest BCUT2D eigenvalue weighted by molar-refractivity contribution is -0.140. The van der Waals surface area contributed by atoms with Gasteiger partial charge in [0.15, 0.2) is 6.10 Å². The van der Waals surface area contributed by atoms with Gasteiger partial charge in [-0.2, -0.15) is 0 Å². The third-order valence-corrected chi connectivity index (χ3v) is 7.88. The number of sulfonamides is 1. The Morgan fingerprint density at radius 1 is 1.09 bits per heavy atom. The van der Waals surface area contributed by atoms with Crippen LogP contribution >= 0.6 is 0 Å². The molecule has 9 nitrogen and oxygen atoms in total. The van der Waals surface area contributed by atoms with Crippen molar-refractivity contribution in [2.45, 2.75) is 17.9 Å². The SMILES string of the molecule is COCCOc1ccc(S(=O)(=O)N2C[C@H](C(=O)N3CCN(C)CC3)Oc3ccccc32)cc1C. The Balaban J connectivity index is 1.61. The van der Waals surface area contributed by atoms with E-state index in [-0.39, 0.29) is 17.3 Å². The van der Waals surface area contributed by atoms with Crippen LogP contribution in [0.25, 0.3) is 0 Å². The van der Waals surface area contributed by atoms with Gasteiger partial charge < -0.3 is 24.0 Å². The molecule has 2 heterocycles. The lowest BCUT2D eigenvalue weighted by Crippen LogP contribution is -2.55. The lowest BCUT2D eigenvalue weighted by Gasteiger charge is -2.39. The highest BCUT2D eigenvalue weighted by molar-refractivity contribution is 7.92. The lowest BCUT2D eigenvalue weighted by atomic mass is 10.2. The maximum absolute atomic E-state index is 13.7. The van der Waals surface area contributed by atoms with Gasteiger partial charge in [-0.05, 0) is 49.9 Å². The van der Waals surface area contributed by atoms with Crippen molar-refractivity contribution in [1.82, 2.24) is 9.80 Å². The highest BCUT2D eigenvalue weighted by Crippen LogP contribution is 2.37. The van der Waals surface area contributed by atoms with E-state index in [1.54, 1.807) is 55.3 Å². The van der Waals surface area contributed by atoms with Crippen LogP contribution in [0.15, 0.2) is 47.4 Å².